The Morgan fingerprint density at radius 3 is 2.38 bits per heavy atom. The first kappa shape index (κ1) is 20.7. The summed E-state index contributed by atoms with van der Waals surface area (Å²) < 4.78 is 5.68. The predicted octanol–water partition coefficient (Wildman–Crippen LogP) is 2.30. The SMILES string of the molecule is CC1CN(C(=O)c2ccc(NC(=O)C3CCCNC3)cc2)CC(C)O1.Cl. The largest absolute Gasteiger partial charge is 0.372 e. The monoisotopic (exact) mass is 381 g/mol. The molecule has 2 heterocycles. The molecule has 0 aliphatic carbocycles. The third kappa shape index (κ3) is 5.19. The van der Waals surface area contributed by atoms with Gasteiger partial charge in [0.25, 0.3) is 5.91 Å². The van der Waals surface area contributed by atoms with Crippen molar-refractivity contribution in [2.24, 2.45) is 5.92 Å². The van der Waals surface area contributed by atoms with Crippen LogP contribution >= 0.6 is 12.4 Å². The molecule has 3 atom stereocenters. The van der Waals surface area contributed by atoms with Crippen molar-refractivity contribution in [3.05, 3.63) is 29.8 Å². The number of piperidine rings is 1. The maximum Gasteiger partial charge on any atom is 0.254 e. The van der Waals surface area contributed by atoms with Crippen molar-refractivity contribution < 1.29 is 14.3 Å². The molecule has 0 saturated carbocycles. The van der Waals surface area contributed by atoms with Crippen LogP contribution in [0.15, 0.2) is 24.3 Å². The molecule has 2 saturated heterocycles. The first-order valence-corrected chi connectivity index (χ1v) is 9.09. The Labute approximate surface area is 161 Å². The number of ether oxygens (including phenoxy) is 1. The minimum absolute atomic E-state index is 0. The molecule has 3 rings (SSSR count). The summed E-state index contributed by atoms with van der Waals surface area (Å²) in [6, 6.07) is 7.16. The van der Waals surface area contributed by atoms with Crippen molar-refractivity contribution in [2.45, 2.75) is 38.9 Å². The van der Waals surface area contributed by atoms with Crippen molar-refractivity contribution in [3.8, 4) is 0 Å². The molecule has 1 aromatic rings. The van der Waals surface area contributed by atoms with Crippen LogP contribution in [0.5, 0.6) is 0 Å². The first-order chi connectivity index (χ1) is 12.0. The molecule has 144 valence electrons. The molecular formula is C19H28ClN3O3. The van der Waals surface area contributed by atoms with Crippen LogP contribution < -0.4 is 10.6 Å². The van der Waals surface area contributed by atoms with E-state index in [9.17, 15) is 9.59 Å². The molecule has 0 spiro atoms. The molecule has 2 fully saturated rings. The average Bonchev–Trinajstić information content (AvgIpc) is 2.61. The minimum Gasteiger partial charge on any atom is -0.372 e. The van der Waals surface area contributed by atoms with E-state index in [4.69, 9.17) is 4.74 Å². The van der Waals surface area contributed by atoms with E-state index in [1.807, 2.05) is 18.7 Å². The minimum atomic E-state index is 0. The summed E-state index contributed by atoms with van der Waals surface area (Å²) in [6.45, 7) is 6.89. The predicted molar refractivity (Wildman–Crippen MR) is 104 cm³/mol. The zero-order valence-corrected chi connectivity index (χ0v) is 16.2. The summed E-state index contributed by atoms with van der Waals surface area (Å²) in [6.07, 6.45) is 2.05. The van der Waals surface area contributed by atoms with Gasteiger partial charge in [-0.15, -0.1) is 12.4 Å². The molecule has 3 unspecified atom stereocenters. The number of anilines is 1. The summed E-state index contributed by atoms with van der Waals surface area (Å²) in [5.74, 6) is 0.0739. The van der Waals surface area contributed by atoms with Crippen LogP contribution in [-0.4, -0.2) is 55.1 Å². The molecule has 1 aromatic carbocycles. The van der Waals surface area contributed by atoms with Crippen molar-refractivity contribution in [1.82, 2.24) is 10.2 Å². The van der Waals surface area contributed by atoms with E-state index in [1.165, 1.54) is 0 Å². The molecule has 0 bridgehead atoms. The zero-order valence-electron chi connectivity index (χ0n) is 15.4. The second-order valence-electron chi connectivity index (χ2n) is 7.08. The Morgan fingerprint density at radius 2 is 1.81 bits per heavy atom. The van der Waals surface area contributed by atoms with Gasteiger partial charge in [0.1, 0.15) is 0 Å². The van der Waals surface area contributed by atoms with E-state index < -0.39 is 0 Å². The average molecular weight is 382 g/mol. The molecule has 2 aliphatic rings. The number of amides is 2. The molecule has 0 aromatic heterocycles. The normalized spacial score (nSPS) is 25.9. The quantitative estimate of drug-likeness (QED) is 0.842. The highest BCUT2D eigenvalue weighted by atomic mass is 35.5. The van der Waals surface area contributed by atoms with Crippen LogP contribution in [0.1, 0.15) is 37.0 Å². The molecule has 6 nitrogen and oxygen atoms in total. The highest BCUT2D eigenvalue weighted by Crippen LogP contribution is 2.18. The summed E-state index contributed by atoms with van der Waals surface area (Å²) in [5, 5.41) is 6.20. The van der Waals surface area contributed by atoms with Crippen LogP contribution in [0.2, 0.25) is 0 Å². The number of nitrogens with zero attached hydrogens (tertiary/aromatic N) is 1. The van der Waals surface area contributed by atoms with E-state index in [1.54, 1.807) is 24.3 Å². The summed E-state index contributed by atoms with van der Waals surface area (Å²) >= 11 is 0. The fraction of sp³-hybridized carbons (Fsp3) is 0.579. The summed E-state index contributed by atoms with van der Waals surface area (Å²) in [4.78, 5) is 26.7. The van der Waals surface area contributed by atoms with Gasteiger partial charge >= 0.3 is 0 Å². The number of benzene rings is 1. The number of rotatable bonds is 3. The lowest BCUT2D eigenvalue weighted by molar-refractivity contribution is -0.120. The summed E-state index contributed by atoms with van der Waals surface area (Å²) in [7, 11) is 0. The zero-order chi connectivity index (χ0) is 17.8. The maximum atomic E-state index is 12.6. The highest BCUT2D eigenvalue weighted by molar-refractivity contribution is 5.96. The van der Waals surface area contributed by atoms with Crippen molar-refractivity contribution in [2.75, 3.05) is 31.5 Å². The third-order valence-electron chi connectivity index (χ3n) is 4.77. The number of morpholine rings is 1. The van der Waals surface area contributed by atoms with E-state index >= 15 is 0 Å². The van der Waals surface area contributed by atoms with Crippen LogP contribution in [0.3, 0.4) is 0 Å². The van der Waals surface area contributed by atoms with Gasteiger partial charge in [-0.25, -0.2) is 0 Å². The fourth-order valence-electron chi connectivity index (χ4n) is 3.54. The lowest BCUT2D eigenvalue weighted by Gasteiger charge is -2.35. The molecule has 26 heavy (non-hydrogen) atoms. The number of hydrogen-bond donors (Lipinski definition) is 2. The standard InChI is InChI=1S/C19H27N3O3.ClH/c1-13-11-22(12-14(2)25-13)19(24)15-5-7-17(8-6-15)21-18(23)16-4-3-9-20-10-16;/h5-8,13-14,16,20H,3-4,9-12H2,1-2H3,(H,21,23);1H. The van der Waals surface area contributed by atoms with Crippen LogP contribution in [0.25, 0.3) is 0 Å². The van der Waals surface area contributed by atoms with Crippen molar-refractivity contribution in [1.29, 1.82) is 0 Å². The van der Waals surface area contributed by atoms with Crippen molar-refractivity contribution in [3.63, 3.8) is 0 Å². The van der Waals surface area contributed by atoms with E-state index in [-0.39, 0.29) is 42.3 Å². The number of nitrogens with one attached hydrogen (secondary N) is 2. The third-order valence-corrected chi connectivity index (χ3v) is 4.77. The molecule has 2 amide bonds. The molecular weight excluding hydrogens is 354 g/mol. The first-order valence-electron chi connectivity index (χ1n) is 9.09. The fourth-order valence-corrected chi connectivity index (χ4v) is 3.54. The molecule has 0 radical (unpaired) electrons. The lowest BCUT2D eigenvalue weighted by atomic mass is 9.99. The van der Waals surface area contributed by atoms with Gasteiger partial charge in [-0.2, -0.15) is 0 Å². The number of carbonyl (C=O) groups excluding carboxylic acids is 2. The smallest absolute Gasteiger partial charge is 0.254 e. The van der Waals surface area contributed by atoms with Gasteiger partial charge in [0.2, 0.25) is 5.91 Å². The van der Waals surface area contributed by atoms with Gasteiger partial charge in [0.15, 0.2) is 0 Å². The molecule has 7 heteroatoms. The highest BCUT2D eigenvalue weighted by Gasteiger charge is 2.26. The van der Waals surface area contributed by atoms with Gasteiger partial charge in [-0.1, -0.05) is 0 Å². The maximum absolute atomic E-state index is 12.6. The molecule has 2 N–H and O–H groups in total. The van der Waals surface area contributed by atoms with E-state index in [0.29, 0.717) is 18.7 Å². The number of hydrogen-bond acceptors (Lipinski definition) is 4. The van der Waals surface area contributed by atoms with Crippen molar-refractivity contribution >= 4 is 29.9 Å². The van der Waals surface area contributed by atoms with Crippen LogP contribution in [0.4, 0.5) is 5.69 Å². The lowest BCUT2D eigenvalue weighted by Crippen LogP contribution is -2.48. The second-order valence-corrected chi connectivity index (χ2v) is 7.08. The topological polar surface area (TPSA) is 70.7 Å². The molecule has 2 aliphatic heterocycles. The Kier molecular flexibility index (Phi) is 7.43. The number of carbonyl (C=O) groups is 2. The second kappa shape index (κ2) is 9.35. The van der Waals surface area contributed by atoms with Gasteiger partial charge in [-0.05, 0) is 57.5 Å². The van der Waals surface area contributed by atoms with Gasteiger partial charge in [0.05, 0.1) is 18.1 Å². The Hall–Kier alpha value is -1.63. The summed E-state index contributed by atoms with van der Waals surface area (Å²) in [5.41, 5.74) is 1.37. The van der Waals surface area contributed by atoms with Gasteiger partial charge in [-0.3, -0.25) is 9.59 Å². The Balaban J connectivity index is 0.00000243. The van der Waals surface area contributed by atoms with Gasteiger partial charge < -0.3 is 20.3 Å². The van der Waals surface area contributed by atoms with E-state index in [2.05, 4.69) is 10.6 Å². The van der Waals surface area contributed by atoms with Crippen LogP contribution in [0, 0.1) is 5.92 Å². The van der Waals surface area contributed by atoms with Crippen LogP contribution in [-0.2, 0) is 9.53 Å². The number of halogens is 1. The Morgan fingerprint density at radius 1 is 1.15 bits per heavy atom. The Bertz CT molecular complexity index is 607. The van der Waals surface area contributed by atoms with E-state index in [0.717, 1.165) is 31.6 Å². The van der Waals surface area contributed by atoms with Gasteiger partial charge in [0, 0.05) is 30.9 Å².